The van der Waals surface area contributed by atoms with Crippen LogP contribution in [0.1, 0.15) is 12.8 Å². The Morgan fingerprint density at radius 3 is 2.65 bits per heavy atom. The molecular formula is C12H14ClFN2O5S2. The molecule has 1 aromatic rings. The smallest absolute Gasteiger partial charge is 0.257 e. The fourth-order valence-electron chi connectivity index (χ4n) is 2.17. The Hall–Kier alpha value is -1.23. The Balaban J connectivity index is 1.94. The van der Waals surface area contributed by atoms with E-state index in [0.29, 0.717) is 6.42 Å². The molecule has 1 amide bonds. The van der Waals surface area contributed by atoms with Crippen molar-refractivity contribution in [2.45, 2.75) is 17.7 Å². The fraction of sp³-hybridized carbons (Fsp3) is 0.417. The summed E-state index contributed by atoms with van der Waals surface area (Å²) in [5, 5.41) is -0.365. The molecule has 7 nitrogen and oxygen atoms in total. The SMILES string of the molecule is O=C(C[C@H]1CCS(=O)(=O)C1)NNS(=O)(=O)c1ccc(F)c(Cl)c1. The molecule has 1 fully saturated rings. The highest BCUT2D eigenvalue weighted by Gasteiger charge is 2.29. The summed E-state index contributed by atoms with van der Waals surface area (Å²) in [5.74, 6) is -1.79. The Bertz CT molecular complexity index is 826. The number of nitrogens with one attached hydrogen (secondary N) is 2. The lowest BCUT2D eigenvalue weighted by Gasteiger charge is -2.11. The van der Waals surface area contributed by atoms with Crippen molar-refractivity contribution in [1.29, 1.82) is 0 Å². The first-order valence-corrected chi connectivity index (χ1v) is 10.2. The number of sulfonamides is 1. The van der Waals surface area contributed by atoms with Crippen LogP contribution in [0.3, 0.4) is 0 Å². The van der Waals surface area contributed by atoms with Crippen LogP contribution in [0.2, 0.25) is 5.02 Å². The number of halogens is 2. The van der Waals surface area contributed by atoms with Gasteiger partial charge in [0.15, 0.2) is 9.84 Å². The van der Waals surface area contributed by atoms with Crippen molar-refractivity contribution in [2.75, 3.05) is 11.5 Å². The van der Waals surface area contributed by atoms with E-state index in [0.717, 1.165) is 18.2 Å². The van der Waals surface area contributed by atoms with Crippen LogP contribution in [0.4, 0.5) is 4.39 Å². The number of hydrogen-bond acceptors (Lipinski definition) is 5. The molecular weight excluding hydrogens is 371 g/mol. The highest BCUT2D eigenvalue weighted by molar-refractivity contribution is 7.91. The van der Waals surface area contributed by atoms with Crippen molar-refractivity contribution in [3.8, 4) is 0 Å². The lowest BCUT2D eigenvalue weighted by Crippen LogP contribution is -2.42. The average molecular weight is 385 g/mol. The van der Waals surface area contributed by atoms with E-state index >= 15 is 0 Å². The van der Waals surface area contributed by atoms with Gasteiger partial charge in [0.25, 0.3) is 10.0 Å². The first kappa shape index (κ1) is 18.1. The zero-order valence-electron chi connectivity index (χ0n) is 11.8. The van der Waals surface area contributed by atoms with E-state index < -0.39 is 31.6 Å². The molecule has 1 atom stereocenters. The second-order valence-corrected chi connectivity index (χ2v) is 9.52. The normalized spacial score (nSPS) is 20.3. The second kappa shape index (κ2) is 6.71. The van der Waals surface area contributed by atoms with Gasteiger partial charge in [-0.3, -0.25) is 10.2 Å². The number of benzene rings is 1. The molecule has 0 radical (unpaired) electrons. The molecule has 0 aromatic heterocycles. The van der Waals surface area contributed by atoms with Crippen molar-refractivity contribution in [3.05, 3.63) is 29.0 Å². The van der Waals surface area contributed by atoms with Gasteiger partial charge in [-0.1, -0.05) is 11.6 Å². The lowest BCUT2D eigenvalue weighted by molar-refractivity contribution is -0.122. The van der Waals surface area contributed by atoms with Crippen LogP contribution in [-0.2, 0) is 24.7 Å². The predicted molar refractivity (Wildman–Crippen MR) is 81.3 cm³/mol. The number of carbonyl (C=O) groups excluding carboxylic acids is 1. The summed E-state index contributed by atoms with van der Waals surface area (Å²) in [6.45, 7) is 0. The summed E-state index contributed by atoms with van der Waals surface area (Å²) in [6, 6.07) is 2.80. The maximum Gasteiger partial charge on any atom is 0.257 e. The van der Waals surface area contributed by atoms with Gasteiger partial charge in [-0.15, -0.1) is 4.83 Å². The van der Waals surface area contributed by atoms with Gasteiger partial charge >= 0.3 is 0 Å². The van der Waals surface area contributed by atoms with E-state index in [-0.39, 0.29) is 33.8 Å². The summed E-state index contributed by atoms with van der Waals surface area (Å²) in [5.41, 5.74) is 2.00. The van der Waals surface area contributed by atoms with Crippen LogP contribution >= 0.6 is 11.6 Å². The topological polar surface area (TPSA) is 109 Å². The molecule has 2 N–H and O–H groups in total. The van der Waals surface area contributed by atoms with Gasteiger partial charge in [-0.2, -0.15) is 0 Å². The standard InChI is InChI=1S/C12H14ClFN2O5S2/c13-10-6-9(1-2-11(10)14)23(20,21)16-15-12(17)5-8-3-4-22(18,19)7-8/h1-2,6,8,16H,3-5,7H2,(H,15,17)/t8-/m1/s1. The molecule has 0 saturated carbocycles. The van der Waals surface area contributed by atoms with Crippen LogP contribution in [0.5, 0.6) is 0 Å². The molecule has 1 aliphatic heterocycles. The predicted octanol–water partition coefficient (Wildman–Crippen LogP) is 0.613. The Labute approximate surface area is 138 Å². The van der Waals surface area contributed by atoms with Crippen LogP contribution < -0.4 is 10.3 Å². The molecule has 1 aliphatic rings. The van der Waals surface area contributed by atoms with Crippen LogP contribution in [0.25, 0.3) is 0 Å². The second-order valence-electron chi connectivity index (χ2n) is 5.20. The van der Waals surface area contributed by atoms with Gasteiger partial charge in [0.1, 0.15) is 5.82 Å². The van der Waals surface area contributed by atoms with E-state index in [2.05, 4.69) is 0 Å². The zero-order chi connectivity index (χ0) is 17.3. The molecule has 0 aliphatic carbocycles. The number of amides is 1. The molecule has 0 spiro atoms. The quantitative estimate of drug-likeness (QED) is 0.723. The zero-order valence-corrected chi connectivity index (χ0v) is 14.1. The highest BCUT2D eigenvalue weighted by atomic mass is 35.5. The molecule has 1 aromatic carbocycles. The summed E-state index contributed by atoms with van der Waals surface area (Å²) >= 11 is 5.51. The third-order valence-electron chi connectivity index (χ3n) is 3.33. The monoisotopic (exact) mass is 384 g/mol. The number of carbonyl (C=O) groups is 1. The molecule has 0 bridgehead atoms. The average Bonchev–Trinajstić information content (AvgIpc) is 2.78. The van der Waals surface area contributed by atoms with Gasteiger partial charge in [0.05, 0.1) is 21.4 Å². The number of sulfone groups is 1. The summed E-state index contributed by atoms with van der Waals surface area (Å²) in [4.78, 5) is 13.2. The first-order chi connectivity index (χ1) is 10.6. The van der Waals surface area contributed by atoms with Gasteiger partial charge < -0.3 is 0 Å². The third-order valence-corrected chi connectivity index (χ3v) is 6.70. The van der Waals surface area contributed by atoms with Gasteiger partial charge in [-0.25, -0.2) is 21.2 Å². The van der Waals surface area contributed by atoms with E-state index in [1.165, 1.54) is 0 Å². The summed E-state index contributed by atoms with van der Waals surface area (Å²) in [7, 11) is -7.21. The van der Waals surface area contributed by atoms with Crippen molar-refractivity contribution < 1.29 is 26.0 Å². The van der Waals surface area contributed by atoms with Crippen LogP contribution in [0.15, 0.2) is 23.1 Å². The minimum Gasteiger partial charge on any atom is -0.278 e. The summed E-state index contributed by atoms with van der Waals surface area (Å²) in [6.07, 6.45) is 0.266. The molecule has 23 heavy (non-hydrogen) atoms. The molecule has 0 unspecified atom stereocenters. The molecule has 2 rings (SSSR count). The maximum absolute atomic E-state index is 13.0. The largest absolute Gasteiger partial charge is 0.278 e. The van der Waals surface area contributed by atoms with E-state index in [9.17, 15) is 26.0 Å². The Kier molecular flexibility index (Phi) is 5.29. The third kappa shape index (κ3) is 4.87. The Morgan fingerprint density at radius 2 is 2.09 bits per heavy atom. The molecule has 1 saturated heterocycles. The van der Waals surface area contributed by atoms with Crippen molar-refractivity contribution >= 4 is 37.4 Å². The van der Waals surface area contributed by atoms with Crippen molar-refractivity contribution in [1.82, 2.24) is 10.3 Å². The number of hydrazine groups is 1. The first-order valence-electron chi connectivity index (χ1n) is 6.55. The van der Waals surface area contributed by atoms with Crippen molar-refractivity contribution in [2.24, 2.45) is 5.92 Å². The maximum atomic E-state index is 13.0. The fourth-order valence-corrected chi connectivity index (χ4v) is 5.17. The number of hydrogen-bond donors (Lipinski definition) is 2. The highest BCUT2D eigenvalue weighted by Crippen LogP contribution is 2.21. The lowest BCUT2D eigenvalue weighted by atomic mass is 10.1. The minimum atomic E-state index is -4.10. The molecule has 128 valence electrons. The molecule has 1 heterocycles. The Morgan fingerprint density at radius 1 is 1.39 bits per heavy atom. The number of rotatable bonds is 5. The van der Waals surface area contributed by atoms with Crippen molar-refractivity contribution in [3.63, 3.8) is 0 Å². The van der Waals surface area contributed by atoms with Gasteiger partial charge in [0.2, 0.25) is 5.91 Å². The molecule has 11 heteroatoms. The van der Waals surface area contributed by atoms with Crippen LogP contribution in [-0.4, -0.2) is 34.2 Å². The van der Waals surface area contributed by atoms with E-state index in [4.69, 9.17) is 11.6 Å². The minimum absolute atomic E-state index is 0.0325. The van der Waals surface area contributed by atoms with Gasteiger partial charge in [0, 0.05) is 6.42 Å². The van der Waals surface area contributed by atoms with E-state index in [1.807, 2.05) is 10.3 Å². The van der Waals surface area contributed by atoms with E-state index in [1.54, 1.807) is 0 Å². The van der Waals surface area contributed by atoms with Crippen LogP contribution in [0, 0.1) is 11.7 Å². The summed E-state index contributed by atoms with van der Waals surface area (Å²) < 4.78 is 59.5. The van der Waals surface area contributed by atoms with Gasteiger partial charge in [-0.05, 0) is 30.5 Å².